The van der Waals surface area contributed by atoms with Crippen molar-refractivity contribution in [3.05, 3.63) is 101 Å². The zero-order valence-electron chi connectivity index (χ0n) is 14.8. The third kappa shape index (κ3) is 3.97. The summed E-state index contributed by atoms with van der Waals surface area (Å²) < 4.78 is 6.07. The van der Waals surface area contributed by atoms with Crippen molar-refractivity contribution < 1.29 is 9.34 Å². The van der Waals surface area contributed by atoms with Gasteiger partial charge in [0.15, 0.2) is 5.76 Å². The number of non-ortho nitro benzene ring substituents is 1. The van der Waals surface area contributed by atoms with Gasteiger partial charge >= 0.3 is 0 Å². The molecule has 1 aromatic heterocycles. The fourth-order valence-electron chi connectivity index (χ4n) is 2.84. The topological polar surface area (TPSA) is 69.2 Å². The van der Waals surface area contributed by atoms with Crippen molar-refractivity contribution in [2.45, 2.75) is 11.0 Å². The van der Waals surface area contributed by atoms with Gasteiger partial charge in [-0.05, 0) is 5.56 Å². The molecule has 0 saturated heterocycles. The van der Waals surface area contributed by atoms with E-state index in [9.17, 15) is 10.1 Å². The summed E-state index contributed by atoms with van der Waals surface area (Å²) in [6.07, 6.45) is 0. The SMILES string of the molecule is O=[N+]([O-])c1cccc(CSc2nc(-c3ccccc3)c(-c3ccccc3)o2)c1. The summed E-state index contributed by atoms with van der Waals surface area (Å²) in [5.74, 6) is 1.25. The first-order valence-electron chi connectivity index (χ1n) is 8.68. The molecule has 5 nitrogen and oxygen atoms in total. The van der Waals surface area contributed by atoms with E-state index in [4.69, 9.17) is 9.40 Å². The molecule has 0 saturated carbocycles. The lowest BCUT2D eigenvalue weighted by molar-refractivity contribution is -0.384. The molecule has 28 heavy (non-hydrogen) atoms. The van der Waals surface area contributed by atoms with E-state index >= 15 is 0 Å². The highest BCUT2D eigenvalue weighted by Crippen LogP contribution is 2.36. The number of rotatable bonds is 6. The maximum absolute atomic E-state index is 11.0. The van der Waals surface area contributed by atoms with Crippen LogP contribution in [-0.2, 0) is 5.75 Å². The minimum atomic E-state index is -0.389. The van der Waals surface area contributed by atoms with Gasteiger partial charge in [0.05, 0.1) is 4.92 Å². The second-order valence-corrected chi connectivity index (χ2v) is 7.03. The number of benzene rings is 3. The Morgan fingerprint density at radius 3 is 2.25 bits per heavy atom. The summed E-state index contributed by atoms with van der Waals surface area (Å²) in [4.78, 5) is 15.3. The van der Waals surface area contributed by atoms with Gasteiger partial charge in [-0.3, -0.25) is 10.1 Å². The van der Waals surface area contributed by atoms with Crippen molar-refractivity contribution in [3.8, 4) is 22.6 Å². The van der Waals surface area contributed by atoms with Gasteiger partial charge in [-0.1, -0.05) is 84.6 Å². The molecule has 0 radical (unpaired) electrons. The Labute approximate surface area is 166 Å². The van der Waals surface area contributed by atoms with Crippen molar-refractivity contribution in [3.63, 3.8) is 0 Å². The van der Waals surface area contributed by atoms with Crippen LogP contribution >= 0.6 is 11.8 Å². The number of nitro benzene ring substituents is 1. The molecule has 0 unspecified atom stereocenters. The van der Waals surface area contributed by atoms with Crippen molar-refractivity contribution in [2.75, 3.05) is 0 Å². The van der Waals surface area contributed by atoms with E-state index in [0.29, 0.717) is 16.7 Å². The first kappa shape index (κ1) is 18.0. The molecule has 0 N–H and O–H groups in total. The fraction of sp³-hybridized carbons (Fsp3) is 0.0455. The number of nitrogens with zero attached hydrogens (tertiary/aromatic N) is 2. The molecule has 0 spiro atoms. The van der Waals surface area contributed by atoms with E-state index in [1.165, 1.54) is 17.8 Å². The zero-order chi connectivity index (χ0) is 19.3. The lowest BCUT2D eigenvalue weighted by atomic mass is 10.1. The van der Waals surface area contributed by atoms with Crippen LogP contribution in [0.5, 0.6) is 0 Å². The van der Waals surface area contributed by atoms with Gasteiger partial charge in [-0.15, -0.1) is 0 Å². The van der Waals surface area contributed by atoms with Crippen molar-refractivity contribution >= 4 is 17.4 Å². The Kier molecular flexibility index (Phi) is 5.21. The van der Waals surface area contributed by atoms with Crippen LogP contribution in [0, 0.1) is 10.1 Å². The molecule has 3 aromatic carbocycles. The Morgan fingerprint density at radius 2 is 1.57 bits per heavy atom. The molecule has 4 rings (SSSR count). The molecule has 0 aliphatic rings. The lowest BCUT2D eigenvalue weighted by Crippen LogP contribution is -1.89. The Bertz CT molecular complexity index is 1040. The highest BCUT2D eigenvalue weighted by Gasteiger charge is 2.17. The Hall–Kier alpha value is -3.38. The monoisotopic (exact) mass is 388 g/mol. The second-order valence-electron chi connectivity index (χ2n) is 6.11. The number of aromatic nitrogens is 1. The summed E-state index contributed by atoms with van der Waals surface area (Å²) in [6.45, 7) is 0. The van der Waals surface area contributed by atoms with Gasteiger partial charge in [0.25, 0.3) is 10.9 Å². The van der Waals surface area contributed by atoms with Gasteiger partial charge in [-0.25, -0.2) is 4.98 Å². The largest absolute Gasteiger partial charge is 0.431 e. The molecule has 0 aliphatic heterocycles. The van der Waals surface area contributed by atoms with Crippen LogP contribution in [0.4, 0.5) is 5.69 Å². The van der Waals surface area contributed by atoms with Gasteiger partial charge < -0.3 is 4.42 Å². The lowest BCUT2D eigenvalue weighted by Gasteiger charge is -2.00. The summed E-state index contributed by atoms with van der Waals surface area (Å²) in [6, 6.07) is 26.4. The quantitative estimate of drug-likeness (QED) is 0.223. The van der Waals surface area contributed by atoms with Crippen LogP contribution in [0.1, 0.15) is 5.56 Å². The van der Waals surface area contributed by atoms with Crippen molar-refractivity contribution in [2.24, 2.45) is 0 Å². The van der Waals surface area contributed by atoms with Crippen LogP contribution in [-0.4, -0.2) is 9.91 Å². The summed E-state index contributed by atoms with van der Waals surface area (Å²) >= 11 is 1.42. The van der Waals surface area contributed by atoms with Gasteiger partial charge in [-0.2, -0.15) is 0 Å². The number of nitro groups is 1. The third-order valence-corrected chi connectivity index (χ3v) is 5.07. The van der Waals surface area contributed by atoms with Gasteiger partial charge in [0.2, 0.25) is 0 Å². The van der Waals surface area contributed by atoms with E-state index in [2.05, 4.69) is 0 Å². The average molecular weight is 388 g/mol. The zero-order valence-corrected chi connectivity index (χ0v) is 15.6. The molecule has 1 heterocycles. The van der Waals surface area contributed by atoms with Gasteiger partial charge in [0.1, 0.15) is 5.69 Å². The number of hydrogen-bond acceptors (Lipinski definition) is 5. The summed E-state index contributed by atoms with van der Waals surface area (Å²) in [5.41, 5.74) is 3.65. The second kappa shape index (κ2) is 8.10. The molecule has 0 amide bonds. The standard InChI is InChI=1S/C22H16N2O3S/c25-24(26)19-13-7-8-16(14-19)15-28-22-23-20(17-9-3-1-4-10-17)21(27-22)18-11-5-2-6-12-18/h1-14H,15H2. The van der Waals surface area contributed by atoms with Crippen LogP contribution in [0.25, 0.3) is 22.6 Å². The van der Waals surface area contributed by atoms with Crippen LogP contribution in [0.2, 0.25) is 0 Å². The predicted octanol–water partition coefficient (Wildman–Crippen LogP) is 6.21. The van der Waals surface area contributed by atoms with Crippen molar-refractivity contribution in [1.29, 1.82) is 0 Å². The normalized spacial score (nSPS) is 10.7. The van der Waals surface area contributed by atoms with Crippen LogP contribution in [0.15, 0.2) is 94.6 Å². The van der Waals surface area contributed by atoms with Gasteiger partial charge in [0, 0.05) is 29.0 Å². The smallest absolute Gasteiger partial charge is 0.269 e. The number of hydrogen-bond donors (Lipinski definition) is 0. The van der Waals surface area contributed by atoms with E-state index in [-0.39, 0.29) is 10.6 Å². The molecular weight excluding hydrogens is 372 g/mol. The first-order valence-corrected chi connectivity index (χ1v) is 9.67. The molecule has 0 bridgehead atoms. The first-order chi connectivity index (χ1) is 13.7. The van der Waals surface area contributed by atoms with Crippen LogP contribution in [0.3, 0.4) is 0 Å². The summed E-state index contributed by atoms with van der Waals surface area (Å²) in [5, 5.41) is 11.5. The fourth-order valence-corrected chi connectivity index (χ4v) is 3.61. The third-order valence-electron chi connectivity index (χ3n) is 4.17. The van der Waals surface area contributed by atoms with E-state index < -0.39 is 0 Å². The Morgan fingerprint density at radius 1 is 0.893 bits per heavy atom. The number of thioether (sulfide) groups is 1. The van der Waals surface area contributed by atoms with Crippen molar-refractivity contribution in [1.82, 2.24) is 4.98 Å². The van der Waals surface area contributed by atoms with E-state index in [1.54, 1.807) is 12.1 Å². The van der Waals surface area contributed by atoms with E-state index in [0.717, 1.165) is 22.4 Å². The molecule has 0 atom stereocenters. The highest BCUT2D eigenvalue weighted by atomic mass is 32.2. The minimum Gasteiger partial charge on any atom is -0.431 e. The molecule has 0 aliphatic carbocycles. The molecular formula is C22H16N2O3S. The Balaban J connectivity index is 1.64. The molecule has 6 heteroatoms. The summed E-state index contributed by atoms with van der Waals surface area (Å²) in [7, 11) is 0. The average Bonchev–Trinajstić information content (AvgIpc) is 3.18. The van der Waals surface area contributed by atoms with Crippen LogP contribution < -0.4 is 0 Å². The van der Waals surface area contributed by atoms with E-state index in [1.807, 2.05) is 66.7 Å². The number of oxazole rings is 1. The maximum atomic E-state index is 11.0. The minimum absolute atomic E-state index is 0.0838. The molecule has 138 valence electrons. The predicted molar refractivity (Wildman–Crippen MR) is 110 cm³/mol. The molecule has 0 fully saturated rings. The molecule has 4 aromatic rings. The maximum Gasteiger partial charge on any atom is 0.269 e. The highest BCUT2D eigenvalue weighted by molar-refractivity contribution is 7.98.